The normalized spacial score (nSPS) is 29.9. The first-order valence-electron chi connectivity index (χ1n) is 12.1. The molecule has 0 atom stereocenters. The summed E-state index contributed by atoms with van der Waals surface area (Å²) >= 11 is 1.91. The largest absolute Gasteiger partial charge is 0.354 e. The number of benzene rings is 1. The molecule has 2 heterocycles. The molecule has 30 heavy (non-hydrogen) atoms. The molecular formula is C27H34N2S. The fourth-order valence-corrected chi connectivity index (χ4v) is 8.42. The van der Waals surface area contributed by atoms with Gasteiger partial charge in [0.25, 0.3) is 0 Å². The highest BCUT2D eigenvalue weighted by atomic mass is 32.1. The van der Waals surface area contributed by atoms with Crippen LogP contribution in [0.15, 0.2) is 30.3 Å². The van der Waals surface area contributed by atoms with Crippen molar-refractivity contribution in [2.24, 2.45) is 23.5 Å². The second-order valence-corrected chi connectivity index (χ2v) is 11.9. The fourth-order valence-electron chi connectivity index (χ4n) is 7.53. The molecule has 2 nitrogen and oxygen atoms in total. The summed E-state index contributed by atoms with van der Waals surface area (Å²) in [6.07, 6.45) is 12.2. The van der Waals surface area contributed by atoms with E-state index in [1.807, 2.05) is 11.3 Å². The van der Waals surface area contributed by atoms with E-state index in [9.17, 15) is 0 Å². The van der Waals surface area contributed by atoms with Crippen molar-refractivity contribution in [1.29, 1.82) is 0 Å². The third-order valence-corrected chi connectivity index (χ3v) is 9.44. The van der Waals surface area contributed by atoms with Crippen LogP contribution in [0, 0.1) is 24.7 Å². The summed E-state index contributed by atoms with van der Waals surface area (Å²) in [5.41, 5.74) is 12.1. The third kappa shape index (κ3) is 3.08. The van der Waals surface area contributed by atoms with Gasteiger partial charge in [-0.25, -0.2) is 0 Å². The molecule has 158 valence electrons. The van der Waals surface area contributed by atoms with Crippen molar-refractivity contribution >= 4 is 22.2 Å². The highest BCUT2D eigenvalue weighted by molar-refractivity contribution is 7.15. The number of aromatic nitrogens is 1. The van der Waals surface area contributed by atoms with Crippen LogP contribution in [0.2, 0.25) is 0 Å². The number of unbranched alkanes of at least 4 members (excludes halogenated alkanes) is 1. The summed E-state index contributed by atoms with van der Waals surface area (Å²) < 4.78 is 0. The van der Waals surface area contributed by atoms with Crippen molar-refractivity contribution in [2.45, 2.75) is 70.1 Å². The van der Waals surface area contributed by atoms with Crippen molar-refractivity contribution in [3.63, 3.8) is 0 Å². The van der Waals surface area contributed by atoms with Crippen molar-refractivity contribution in [3.05, 3.63) is 46.3 Å². The van der Waals surface area contributed by atoms with E-state index < -0.39 is 0 Å². The number of aromatic amines is 1. The summed E-state index contributed by atoms with van der Waals surface area (Å²) in [6.45, 7) is 2.99. The number of thiophene rings is 1. The molecule has 4 saturated carbocycles. The number of rotatable bonds is 6. The van der Waals surface area contributed by atoms with Gasteiger partial charge in [-0.2, -0.15) is 0 Å². The summed E-state index contributed by atoms with van der Waals surface area (Å²) in [6, 6.07) is 12.0. The summed E-state index contributed by atoms with van der Waals surface area (Å²) in [4.78, 5) is 6.56. The molecule has 4 aliphatic carbocycles. The summed E-state index contributed by atoms with van der Waals surface area (Å²) in [5.74, 6) is 2.98. The van der Waals surface area contributed by atoms with Gasteiger partial charge in [0.05, 0.1) is 10.6 Å². The first-order valence-corrected chi connectivity index (χ1v) is 12.9. The molecule has 0 spiro atoms. The number of aryl methyl sites for hydroxylation is 2. The highest BCUT2D eigenvalue weighted by Gasteiger charge is 2.51. The molecule has 7 rings (SSSR count). The van der Waals surface area contributed by atoms with E-state index in [0.29, 0.717) is 5.41 Å². The van der Waals surface area contributed by atoms with Crippen molar-refractivity contribution in [2.75, 3.05) is 6.54 Å². The van der Waals surface area contributed by atoms with Gasteiger partial charge in [-0.1, -0.05) is 6.07 Å². The Morgan fingerprint density at radius 3 is 2.37 bits per heavy atom. The third-order valence-electron chi connectivity index (χ3n) is 8.42. The van der Waals surface area contributed by atoms with Crippen LogP contribution in [0.1, 0.15) is 67.4 Å². The Morgan fingerprint density at radius 2 is 1.73 bits per heavy atom. The van der Waals surface area contributed by atoms with Crippen LogP contribution >= 0.6 is 11.3 Å². The fraction of sp³-hybridized carbons (Fsp3) is 0.556. The Kier molecular flexibility index (Phi) is 4.62. The van der Waals surface area contributed by atoms with Gasteiger partial charge in [0.2, 0.25) is 0 Å². The quantitative estimate of drug-likeness (QED) is 0.418. The van der Waals surface area contributed by atoms with Crippen LogP contribution < -0.4 is 5.73 Å². The molecule has 0 radical (unpaired) electrons. The number of nitrogens with two attached hydrogens (primary N) is 1. The van der Waals surface area contributed by atoms with E-state index in [2.05, 4.69) is 42.2 Å². The maximum atomic E-state index is 5.82. The standard InChI is InChI=1S/C27H34N2S/c1-17-5-8-25(30-17)26-22(4-2-3-9-28)23-13-21(6-7-24(23)29-26)27-14-18-10-19(15-27)12-20(11-18)16-27/h5-8,13,18-20,29H,2-4,9-12,14-16,28H2,1H3. The van der Waals surface area contributed by atoms with Gasteiger partial charge < -0.3 is 10.7 Å². The smallest absolute Gasteiger partial charge is 0.0598 e. The molecule has 0 saturated heterocycles. The summed E-state index contributed by atoms with van der Waals surface area (Å²) in [7, 11) is 0. The number of H-pyrrole nitrogens is 1. The Hall–Kier alpha value is -1.58. The van der Waals surface area contributed by atoms with Gasteiger partial charge in [0.1, 0.15) is 0 Å². The van der Waals surface area contributed by atoms with Crippen molar-refractivity contribution in [1.82, 2.24) is 4.98 Å². The lowest BCUT2D eigenvalue weighted by Gasteiger charge is -2.57. The Balaban J connectivity index is 1.44. The van der Waals surface area contributed by atoms with E-state index in [1.54, 1.807) is 5.56 Å². The van der Waals surface area contributed by atoms with Crippen molar-refractivity contribution in [3.8, 4) is 10.6 Å². The molecule has 0 aliphatic heterocycles. The van der Waals surface area contributed by atoms with Gasteiger partial charge in [-0.15, -0.1) is 11.3 Å². The molecule has 0 unspecified atom stereocenters. The molecule has 3 aromatic rings. The van der Waals surface area contributed by atoms with E-state index in [0.717, 1.165) is 37.1 Å². The van der Waals surface area contributed by atoms with Crippen molar-refractivity contribution < 1.29 is 0 Å². The van der Waals surface area contributed by atoms with E-state index in [-0.39, 0.29) is 0 Å². The Labute approximate surface area is 184 Å². The van der Waals surface area contributed by atoms with Crippen LogP contribution in [0.5, 0.6) is 0 Å². The minimum atomic E-state index is 0.467. The lowest BCUT2D eigenvalue weighted by Crippen LogP contribution is -2.48. The van der Waals surface area contributed by atoms with E-state index in [4.69, 9.17) is 5.73 Å². The van der Waals surface area contributed by atoms with Crippen LogP contribution in [0.4, 0.5) is 0 Å². The second-order valence-electron chi connectivity index (χ2n) is 10.6. The van der Waals surface area contributed by atoms with Gasteiger partial charge in [-0.05, 0) is 130 Å². The second kappa shape index (κ2) is 7.24. The molecule has 3 N–H and O–H groups in total. The number of fused-ring (bicyclic) bond motifs is 1. The molecule has 3 heteroatoms. The van der Waals surface area contributed by atoms with Gasteiger partial charge in [0.15, 0.2) is 0 Å². The molecule has 4 bridgehead atoms. The molecule has 2 aromatic heterocycles. The van der Waals surface area contributed by atoms with Crippen LogP contribution in [0.3, 0.4) is 0 Å². The molecule has 0 amide bonds. The highest BCUT2D eigenvalue weighted by Crippen LogP contribution is 2.61. The zero-order valence-corrected chi connectivity index (χ0v) is 19.0. The predicted octanol–water partition coefficient (Wildman–Crippen LogP) is 6.95. The average Bonchev–Trinajstić information content (AvgIpc) is 3.30. The number of nitrogens with one attached hydrogen (secondary N) is 1. The maximum Gasteiger partial charge on any atom is 0.0598 e. The van der Waals surface area contributed by atoms with Crippen LogP contribution in [-0.2, 0) is 11.8 Å². The lowest BCUT2D eigenvalue weighted by atomic mass is 9.48. The first kappa shape index (κ1) is 19.1. The Bertz CT molecular complexity index is 1040. The average molecular weight is 419 g/mol. The number of hydrogen-bond donors (Lipinski definition) is 2. The minimum absolute atomic E-state index is 0.467. The minimum Gasteiger partial charge on any atom is -0.354 e. The predicted molar refractivity (Wildman–Crippen MR) is 128 cm³/mol. The summed E-state index contributed by atoms with van der Waals surface area (Å²) in [5, 5.41) is 1.47. The zero-order valence-electron chi connectivity index (χ0n) is 18.2. The van der Waals surface area contributed by atoms with Crippen LogP contribution in [0.25, 0.3) is 21.5 Å². The zero-order chi connectivity index (χ0) is 20.3. The lowest BCUT2D eigenvalue weighted by molar-refractivity contribution is -0.00513. The molecule has 4 aliphatic rings. The molecular weight excluding hydrogens is 384 g/mol. The first-order chi connectivity index (χ1) is 14.6. The van der Waals surface area contributed by atoms with Gasteiger partial charge >= 0.3 is 0 Å². The Morgan fingerprint density at radius 1 is 1.00 bits per heavy atom. The number of hydrogen-bond acceptors (Lipinski definition) is 2. The topological polar surface area (TPSA) is 41.8 Å². The van der Waals surface area contributed by atoms with E-state index in [1.165, 1.54) is 76.9 Å². The van der Waals surface area contributed by atoms with Gasteiger partial charge in [0, 0.05) is 15.8 Å². The SMILES string of the molecule is Cc1ccc(-c2[nH]c3ccc(C45CC6CC(CC(C6)C4)C5)cc3c2CCCCN)s1. The maximum absolute atomic E-state index is 5.82. The monoisotopic (exact) mass is 418 g/mol. The molecule has 4 fully saturated rings. The molecule has 1 aromatic carbocycles. The van der Waals surface area contributed by atoms with E-state index >= 15 is 0 Å². The van der Waals surface area contributed by atoms with Gasteiger partial charge in [-0.3, -0.25) is 0 Å². The van der Waals surface area contributed by atoms with Crippen LogP contribution in [-0.4, -0.2) is 11.5 Å².